The molecule has 1 aliphatic rings. The van der Waals surface area contributed by atoms with Crippen LogP contribution in [-0.4, -0.2) is 37.6 Å². The van der Waals surface area contributed by atoms with Crippen LogP contribution >= 0.6 is 0 Å². The molecule has 3 N–H and O–H groups in total. The van der Waals surface area contributed by atoms with E-state index < -0.39 is 11.9 Å². The van der Waals surface area contributed by atoms with Gasteiger partial charge in [-0.3, -0.25) is 9.59 Å². The van der Waals surface area contributed by atoms with Gasteiger partial charge in [0.2, 0.25) is 11.7 Å². The molecule has 3 rings (SSSR count). The lowest BCUT2D eigenvalue weighted by Crippen LogP contribution is -2.30. The fourth-order valence-electron chi connectivity index (χ4n) is 2.88. The van der Waals surface area contributed by atoms with Crippen molar-refractivity contribution in [2.24, 2.45) is 11.8 Å². The van der Waals surface area contributed by atoms with Crippen molar-refractivity contribution in [1.82, 2.24) is 20.6 Å². The molecule has 1 fully saturated rings. The molecule has 1 amide bonds. The minimum Gasteiger partial charge on any atom is -0.481 e. The van der Waals surface area contributed by atoms with Crippen molar-refractivity contribution in [3.8, 4) is 11.4 Å². The number of H-pyrrole nitrogens is 1. The number of tetrazole rings is 1. The summed E-state index contributed by atoms with van der Waals surface area (Å²) in [6.07, 6.45) is 2.56. The van der Waals surface area contributed by atoms with Crippen LogP contribution < -0.4 is 5.32 Å². The Bertz CT molecular complexity index is 684. The van der Waals surface area contributed by atoms with Crippen molar-refractivity contribution in [3.05, 3.63) is 24.3 Å². The summed E-state index contributed by atoms with van der Waals surface area (Å²) in [4.78, 5) is 23.4. The van der Waals surface area contributed by atoms with Gasteiger partial charge in [-0.05, 0) is 48.7 Å². The van der Waals surface area contributed by atoms with Gasteiger partial charge in [-0.2, -0.15) is 5.21 Å². The average Bonchev–Trinajstić information content (AvgIpc) is 3.10. The number of carboxylic acids is 1. The number of hydrogen-bond donors (Lipinski definition) is 3. The van der Waals surface area contributed by atoms with Crippen molar-refractivity contribution in [2.75, 3.05) is 5.32 Å². The zero-order valence-electron chi connectivity index (χ0n) is 12.4. The number of carbonyl (C=O) groups is 2. The SMILES string of the molecule is O=C(O)C1CCCC(C(=O)Nc2ccc(-c3nn[nH]n3)cc2)C1. The summed E-state index contributed by atoms with van der Waals surface area (Å²) in [6.45, 7) is 0. The largest absolute Gasteiger partial charge is 0.481 e. The maximum Gasteiger partial charge on any atom is 0.306 e. The van der Waals surface area contributed by atoms with Crippen LogP contribution in [-0.2, 0) is 9.59 Å². The standard InChI is InChI=1S/C15H17N5O3/c21-14(10-2-1-3-11(8-10)15(22)23)16-12-6-4-9(5-7-12)13-17-19-20-18-13/h4-7,10-11H,1-3,8H2,(H,16,21)(H,22,23)(H,17,18,19,20). The van der Waals surface area contributed by atoms with E-state index in [4.69, 9.17) is 5.11 Å². The van der Waals surface area contributed by atoms with Gasteiger partial charge in [0.25, 0.3) is 0 Å². The number of aromatic nitrogens is 4. The molecule has 8 nitrogen and oxygen atoms in total. The topological polar surface area (TPSA) is 121 Å². The van der Waals surface area contributed by atoms with Crippen LogP contribution in [0.3, 0.4) is 0 Å². The Hall–Kier alpha value is -2.77. The van der Waals surface area contributed by atoms with E-state index in [1.165, 1.54) is 0 Å². The average molecular weight is 315 g/mol. The van der Waals surface area contributed by atoms with Crippen molar-refractivity contribution in [3.63, 3.8) is 0 Å². The van der Waals surface area contributed by atoms with E-state index in [2.05, 4.69) is 25.9 Å². The highest BCUT2D eigenvalue weighted by atomic mass is 16.4. The van der Waals surface area contributed by atoms with E-state index >= 15 is 0 Å². The fourth-order valence-corrected chi connectivity index (χ4v) is 2.88. The van der Waals surface area contributed by atoms with E-state index in [1.54, 1.807) is 24.3 Å². The van der Waals surface area contributed by atoms with Gasteiger partial charge in [0, 0.05) is 17.2 Å². The molecule has 8 heteroatoms. The second kappa shape index (κ2) is 6.55. The summed E-state index contributed by atoms with van der Waals surface area (Å²) < 4.78 is 0. The van der Waals surface area contributed by atoms with Crippen LogP contribution in [0.2, 0.25) is 0 Å². The number of aromatic amines is 1. The number of hydrogen-bond acceptors (Lipinski definition) is 5. The number of amides is 1. The molecule has 1 heterocycles. The molecule has 0 saturated heterocycles. The molecule has 1 aliphatic carbocycles. The molecular weight excluding hydrogens is 298 g/mol. The second-order valence-corrected chi connectivity index (χ2v) is 5.70. The van der Waals surface area contributed by atoms with Gasteiger partial charge in [0.15, 0.2) is 0 Å². The van der Waals surface area contributed by atoms with Crippen molar-refractivity contribution in [1.29, 1.82) is 0 Å². The van der Waals surface area contributed by atoms with Gasteiger partial charge < -0.3 is 10.4 Å². The Morgan fingerprint density at radius 3 is 2.57 bits per heavy atom. The second-order valence-electron chi connectivity index (χ2n) is 5.70. The maximum atomic E-state index is 12.3. The van der Waals surface area contributed by atoms with Gasteiger partial charge in [-0.25, -0.2) is 0 Å². The summed E-state index contributed by atoms with van der Waals surface area (Å²) >= 11 is 0. The third kappa shape index (κ3) is 3.53. The Balaban J connectivity index is 1.62. The van der Waals surface area contributed by atoms with Gasteiger partial charge in [-0.15, -0.1) is 10.2 Å². The Kier molecular flexibility index (Phi) is 4.31. The molecule has 2 aromatic rings. The van der Waals surface area contributed by atoms with Crippen LogP contribution in [0.15, 0.2) is 24.3 Å². The van der Waals surface area contributed by atoms with E-state index in [1.807, 2.05) is 0 Å². The number of anilines is 1. The van der Waals surface area contributed by atoms with Gasteiger partial charge in [-0.1, -0.05) is 6.42 Å². The predicted molar refractivity (Wildman–Crippen MR) is 81.3 cm³/mol. The molecule has 1 aromatic heterocycles. The van der Waals surface area contributed by atoms with Crippen LogP contribution in [0.5, 0.6) is 0 Å². The number of aliphatic carboxylic acids is 1. The zero-order chi connectivity index (χ0) is 16.2. The third-order valence-corrected chi connectivity index (χ3v) is 4.15. The first-order valence-corrected chi connectivity index (χ1v) is 7.51. The summed E-state index contributed by atoms with van der Waals surface area (Å²) in [5.41, 5.74) is 1.46. The van der Waals surface area contributed by atoms with Gasteiger partial charge >= 0.3 is 5.97 Å². The van der Waals surface area contributed by atoms with Crippen LogP contribution in [0, 0.1) is 11.8 Å². The molecule has 23 heavy (non-hydrogen) atoms. The number of benzene rings is 1. The molecule has 0 radical (unpaired) electrons. The van der Waals surface area contributed by atoms with E-state index in [9.17, 15) is 9.59 Å². The summed E-state index contributed by atoms with van der Waals surface area (Å²) in [5, 5.41) is 25.6. The summed E-state index contributed by atoms with van der Waals surface area (Å²) in [7, 11) is 0. The normalized spacial score (nSPS) is 20.9. The Morgan fingerprint density at radius 2 is 1.91 bits per heavy atom. The quantitative estimate of drug-likeness (QED) is 0.789. The molecular formula is C15H17N5O3. The highest BCUT2D eigenvalue weighted by Gasteiger charge is 2.30. The summed E-state index contributed by atoms with van der Waals surface area (Å²) in [5.74, 6) is -1.11. The maximum absolute atomic E-state index is 12.3. The van der Waals surface area contributed by atoms with Crippen LogP contribution in [0.25, 0.3) is 11.4 Å². The van der Waals surface area contributed by atoms with Gasteiger partial charge in [0.1, 0.15) is 0 Å². The third-order valence-electron chi connectivity index (χ3n) is 4.15. The van der Waals surface area contributed by atoms with E-state index in [-0.39, 0.29) is 11.8 Å². The minimum atomic E-state index is -0.813. The molecule has 1 saturated carbocycles. The van der Waals surface area contributed by atoms with Crippen molar-refractivity contribution < 1.29 is 14.7 Å². The highest BCUT2D eigenvalue weighted by Crippen LogP contribution is 2.30. The Labute approximate surface area is 132 Å². The molecule has 1 aromatic carbocycles. The smallest absolute Gasteiger partial charge is 0.306 e. The predicted octanol–water partition coefficient (Wildman–Crippen LogP) is 1.70. The van der Waals surface area contributed by atoms with E-state index in [0.717, 1.165) is 18.4 Å². The van der Waals surface area contributed by atoms with Gasteiger partial charge in [0.05, 0.1) is 5.92 Å². The first kappa shape index (κ1) is 15.1. The van der Waals surface area contributed by atoms with Crippen molar-refractivity contribution >= 4 is 17.6 Å². The number of nitrogens with zero attached hydrogens (tertiary/aromatic N) is 3. The lowest BCUT2D eigenvalue weighted by molar-refractivity contribution is -0.143. The lowest BCUT2D eigenvalue weighted by atomic mass is 9.81. The van der Waals surface area contributed by atoms with E-state index in [0.29, 0.717) is 24.4 Å². The number of carboxylic acid groups (broad SMARTS) is 1. The number of nitrogens with one attached hydrogen (secondary N) is 2. The number of rotatable bonds is 4. The Morgan fingerprint density at radius 1 is 1.17 bits per heavy atom. The zero-order valence-corrected chi connectivity index (χ0v) is 12.4. The first-order chi connectivity index (χ1) is 11.1. The highest BCUT2D eigenvalue weighted by molar-refractivity contribution is 5.93. The monoisotopic (exact) mass is 315 g/mol. The van der Waals surface area contributed by atoms with Crippen LogP contribution in [0.1, 0.15) is 25.7 Å². The van der Waals surface area contributed by atoms with Crippen molar-refractivity contribution in [2.45, 2.75) is 25.7 Å². The molecule has 2 atom stereocenters. The number of carbonyl (C=O) groups excluding carboxylic acids is 1. The fraction of sp³-hybridized carbons (Fsp3) is 0.400. The molecule has 120 valence electrons. The lowest BCUT2D eigenvalue weighted by Gasteiger charge is -2.25. The molecule has 2 unspecified atom stereocenters. The molecule has 0 bridgehead atoms. The summed E-state index contributed by atoms with van der Waals surface area (Å²) in [6, 6.07) is 7.12. The van der Waals surface area contributed by atoms with Crippen LogP contribution in [0.4, 0.5) is 5.69 Å². The first-order valence-electron chi connectivity index (χ1n) is 7.51. The minimum absolute atomic E-state index is 0.122. The molecule has 0 aliphatic heterocycles. The molecule has 0 spiro atoms.